The Bertz CT molecular complexity index is 465. The predicted molar refractivity (Wildman–Crippen MR) is 95.1 cm³/mol. The number of benzene rings is 1. The Morgan fingerprint density at radius 1 is 1.29 bits per heavy atom. The minimum absolute atomic E-state index is 0.314. The average Bonchev–Trinajstić information content (AvgIpc) is 2.36. The second-order valence-electron chi connectivity index (χ2n) is 7.29. The van der Waals surface area contributed by atoms with E-state index in [1.807, 2.05) is 7.05 Å². The average molecular weight is 356 g/mol. The minimum atomic E-state index is 0.314. The van der Waals surface area contributed by atoms with E-state index < -0.39 is 0 Å². The summed E-state index contributed by atoms with van der Waals surface area (Å²) in [6.45, 7) is 11.3. The zero-order valence-corrected chi connectivity index (χ0v) is 16.1. The number of halogens is 1. The highest BCUT2D eigenvalue weighted by molar-refractivity contribution is 9.10. The van der Waals surface area contributed by atoms with Gasteiger partial charge >= 0.3 is 0 Å². The van der Waals surface area contributed by atoms with Gasteiger partial charge in [-0.1, -0.05) is 43.6 Å². The summed E-state index contributed by atoms with van der Waals surface area (Å²) >= 11 is 3.64. The fourth-order valence-electron chi connectivity index (χ4n) is 3.05. The van der Waals surface area contributed by atoms with Crippen LogP contribution in [0.5, 0.6) is 5.75 Å². The van der Waals surface area contributed by atoms with E-state index in [4.69, 9.17) is 4.74 Å². The number of hydrogen-bond acceptors (Lipinski definition) is 2. The van der Waals surface area contributed by atoms with Crippen LogP contribution in [0.15, 0.2) is 16.6 Å². The van der Waals surface area contributed by atoms with Gasteiger partial charge in [-0.2, -0.15) is 0 Å². The zero-order valence-electron chi connectivity index (χ0n) is 14.5. The Morgan fingerprint density at radius 2 is 1.90 bits per heavy atom. The molecule has 0 aromatic heterocycles. The first-order valence-electron chi connectivity index (χ1n) is 7.69. The first kappa shape index (κ1) is 18.5. The van der Waals surface area contributed by atoms with Crippen LogP contribution >= 0.6 is 15.9 Å². The van der Waals surface area contributed by atoms with Gasteiger partial charge in [0.15, 0.2) is 0 Å². The molecule has 0 spiro atoms. The molecule has 0 saturated heterocycles. The van der Waals surface area contributed by atoms with Gasteiger partial charge in [0.05, 0.1) is 7.11 Å². The molecule has 0 saturated carbocycles. The summed E-state index contributed by atoms with van der Waals surface area (Å²) in [5, 5.41) is 3.46. The summed E-state index contributed by atoms with van der Waals surface area (Å²) in [6, 6.07) is 4.62. The van der Waals surface area contributed by atoms with Crippen molar-refractivity contribution in [3.63, 3.8) is 0 Å². The molecule has 1 rings (SSSR count). The molecule has 2 nitrogen and oxygen atoms in total. The molecular formula is C18H30BrNO. The van der Waals surface area contributed by atoms with Crippen molar-refractivity contribution < 1.29 is 4.74 Å². The molecule has 2 atom stereocenters. The lowest BCUT2D eigenvalue weighted by Crippen LogP contribution is -2.22. The van der Waals surface area contributed by atoms with Gasteiger partial charge in [-0.25, -0.2) is 0 Å². The molecule has 0 bridgehead atoms. The van der Waals surface area contributed by atoms with Crippen molar-refractivity contribution in [1.82, 2.24) is 5.32 Å². The highest BCUT2D eigenvalue weighted by atomic mass is 79.9. The first-order chi connectivity index (χ1) is 9.67. The summed E-state index contributed by atoms with van der Waals surface area (Å²) in [4.78, 5) is 0. The summed E-state index contributed by atoms with van der Waals surface area (Å²) in [7, 11) is 3.78. The smallest absolute Gasteiger partial charge is 0.123 e. The summed E-state index contributed by atoms with van der Waals surface area (Å²) in [5.41, 5.74) is 2.81. The predicted octanol–water partition coefficient (Wildman–Crippen LogP) is 5.49. The molecular weight excluding hydrogens is 326 g/mol. The Kier molecular flexibility index (Phi) is 6.73. The lowest BCUT2D eigenvalue weighted by Gasteiger charge is -2.28. The highest BCUT2D eigenvalue weighted by Crippen LogP contribution is 2.36. The SMILES string of the molecule is CNC(CC(C)CC(C)(C)C)c1cc(Br)c(C)cc1OC. The largest absolute Gasteiger partial charge is 0.496 e. The van der Waals surface area contributed by atoms with Crippen molar-refractivity contribution in [2.75, 3.05) is 14.2 Å². The molecule has 0 amide bonds. The number of ether oxygens (including phenoxy) is 1. The lowest BCUT2D eigenvalue weighted by atomic mass is 9.82. The molecule has 3 heteroatoms. The van der Waals surface area contributed by atoms with Crippen molar-refractivity contribution in [3.8, 4) is 5.75 Å². The van der Waals surface area contributed by atoms with E-state index in [1.165, 1.54) is 17.5 Å². The minimum Gasteiger partial charge on any atom is -0.496 e. The first-order valence-corrected chi connectivity index (χ1v) is 8.48. The summed E-state index contributed by atoms with van der Waals surface area (Å²) in [5.74, 6) is 1.63. The van der Waals surface area contributed by atoms with E-state index >= 15 is 0 Å². The maximum absolute atomic E-state index is 5.59. The Hall–Kier alpha value is -0.540. The second kappa shape index (κ2) is 7.64. The van der Waals surface area contributed by atoms with Crippen LogP contribution in [0, 0.1) is 18.3 Å². The van der Waals surface area contributed by atoms with Crippen molar-refractivity contribution in [2.24, 2.45) is 11.3 Å². The molecule has 0 aliphatic rings. The third-order valence-electron chi connectivity index (χ3n) is 3.83. The molecule has 0 fully saturated rings. The topological polar surface area (TPSA) is 21.3 Å². The zero-order chi connectivity index (χ0) is 16.2. The number of aryl methyl sites for hydroxylation is 1. The molecule has 0 aliphatic heterocycles. The van der Waals surface area contributed by atoms with E-state index in [0.29, 0.717) is 17.4 Å². The van der Waals surface area contributed by atoms with Gasteiger partial charge in [0.1, 0.15) is 5.75 Å². The van der Waals surface area contributed by atoms with Crippen molar-refractivity contribution in [2.45, 2.75) is 53.5 Å². The quantitative estimate of drug-likeness (QED) is 0.728. The summed E-state index contributed by atoms with van der Waals surface area (Å²) < 4.78 is 6.73. The second-order valence-corrected chi connectivity index (χ2v) is 8.14. The molecule has 1 aromatic carbocycles. The molecule has 1 aromatic rings. The van der Waals surface area contributed by atoms with Crippen LogP contribution in [-0.2, 0) is 0 Å². The normalized spacial score (nSPS) is 14.9. The van der Waals surface area contributed by atoms with E-state index in [9.17, 15) is 0 Å². The van der Waals surface area contributed by atoms with E-state index in [-0.39, 0.29) is 0 Å². The van der Waals surface area contributed by atoms with Crippen molar-refractivity contribution >= 4 is 15.9 Å². The van der Waals surface area contributed by atoms with E-state index in [1.54, 1.807) is 7.11 Å². The van der Waals surface area contributed by atoms with Gasteiger partial charge in [0.25, 0.3) is 0 Å². The van der Waals surface area contributed by atoms with Crippen LogP contribution in [0.4, 0.5) is 0 Å². The third kappa shape index (κ3) is 5.63. The lowest BCUT2D eigenvalue weighted by molar-refractivity contribution is 0.277. The fraction of sp³-hybridized carbons (Fsp3) is 0.667. The Balaban J connectivity index is 2.97. The molecule has 1 N–H and O–H groups in total. The molecule has 2 unspecified atom stereocenters. The van der Waals surface area contributed by atoms with Crippen LogP contribution in [-0.4, -0.2) is 14.2 Å². The molecule has 0 radical (unpaired) electrons. The van der Waals surface area contributed by atoms with Crippen LogP contribution < -0.4 is 10.1 Å². The number of hydrogen-bond donors (Lipinski definition) is 1. The van der Waals surface area contributed by atoms with Crippen molar-refractivity contribution in [1.29, 1.82) is 0 Å². The molecule has 120 valence electrons. The maximum atomic E-state index is 5.59. The van der Waals surface area contributed by atoms with Gasteiger partial charge in [-0.15, -0.1) is 0 Å². The van der Waals surface area contributed by atoms with Gasteiger partial charge in [0, 0.05) is 16.1 Å². The van der Waals surface area contributed by atoms with Gasteiger partial charge in [-0.05, 0) is 55.8 Å². The molecule has 21 heavy (non-hydrogen) atoms. The Labute approximate surface area is 138 Å². The fourth-order valence-corrected chi connectivity index (χ4v) is 3.41. The van der Waals surface area contributed by atoms with Crippen LogP contribution in [0.3, 0.4) is 0 Å². The van der Waals surface area contributed by atoms with Gasteiger partial charge < -0.3 is 10.1 Å². The number of methoxy groups -OCH3 is 1. The third-order valence-corrected chi connectivity index (χ3v) is 4.69. The van der Waals surface area contributed by atoms with Crippen LogP contribution in [0.2, 0.25) is 0 Å². The van der Waals surface area contributed by atoms with Crippen LogP contribution in [0.25, 0.3) is 0 Å². The Morgan fingerprint density at radius 3 is 2.38 bits per heavy atom. The molecule has 0 heterocycles. The van der Waals surface area contributed by atoms with Gasteiger partial charge in [-0.3, -0.25) is 0 Å². The summed E-state index contributed by atoms with van der Waals surface area (Å²) in [6.07, 6.45) is 2.33. The molecule has 0 aliphatic carbocycles. The number of rotatable bonds is 6. The standard InChI is InChI=1S/C18H30BrNO/c1-12(11-18(3,4)5)8-16(20-6)14-10-15(19)13(2)9-17(14)21-7/h9-10,12,16,20H,8,11H2,1-7H3. The monoisotopic (exact) mass is 355 g/mol. The van der Waals surface area contributed by atoms with E-state index in [2.05, 4.69) is 68.0 Å². The highest BCUT2D eigenvalue weighted by Gasteiger charge is 2.22. The van der Waals surface area contributed by atoms with Crippen molar-refractivity contribution in [3.05, 3.63) is 27.7 Å². The number of nitrogens with one attached hydrogen (secondary N) is 1. The maximum Gasteiger partial charge on any atom is 0.123 e. The van der Waals surface area contributed by atoms with Gasteiger partial charge in [0.2, 0.25) is 0 Å². The van der Waals surface area contributed by atoms with E-state index in [0.717, 1.165) is 16.6 Å². The van der Waals surface area contributed by atoms with Crippen LogP contribution in [0.1, 0.15) is 57.7 Å².